The second-order valence-electron chi connectivity index (χ2n) is 13.5. The predicted molar refractivity (Wildman–Crippen MR) is 208 cm³/mol. The molecule has 0 aliphatic heterocycles. The number of carbonyl (C=O) groups is 8. The minimum atomic E-state index is -1.77. The van der Waals surface area contributed by atoms with Crippen molar-refractivity contribution < 1.29 is 58.8 Å². The summed E-state index contributed by atoms with van der Waals surface area (Å²) in [5.41, 5.74) is 27.2. The van der Waals surface area contributed by atoms with Crippen LogP contribution in [0.3, 0.4) is 0 Å². The molecule has 0 unspecified atom stereocenters. The largest absolute Gasteiger partial charge is 0.481 e. The number of hydrogen-bond acceptors (Lipinski definition) is 13. The molecule has 0 spiro atoms. The minimum Gasteiger partial charge on any atom is -0.481 e. The molecule has 0 saturated heterocycles. The number of guanidine groups is 2. The molecule has 58 heavy (non-hydrogen) atoms. The highest BCUT2D eigenvalue weighted by Crippen LogP contribution is 2.11. The molecule has 0 aromatic heterocycles. The lowest BCUT2D eigenvalue weighted by Crippen LogP contribution is -2.62. The van der Waals surface area contributed by atoms with E-state index in [1.807, 2.05) is 0 Å². The second-order valence-corrected chi connectivity index (χ2v) is 13.5. The van der Waals surface area contributed by atoms with E-state index in [1.165, 1.54) is 6.92 Å². The smallest absolute Gasteiger partial charge is 0.326 e. The summed E-state index contributed by atoms with van der Waals surface area (Å²) in [7, 11) is 0. The van der Waals surface area contributed by atoms with Crippen molar-refractivity contribution in [3.63, 3.8) is 0 Å². The lowest BCUT2D eigenvalue weighted by molar-refractivity contribution is -0.144. The highest BCUT2D eigenvalue weighted by molar-refractivity contribution is 5.97. The number of aliphatic hydroxyl groups excluding tert-OH is 2. The van der Waals surface area contributed by atoms with Gasteiger partial charge in [-0.15, -0.1) is 0 Å². The molecule has 0 aliphatic rings. The minimum absolute atomic E-state index is 0.0122. The first-order valence-corrected chi connectivity index (χ1v) is 18.5. The van der Waals surface area contributed by atoms with E-state index in [0.29, 0.717) is 12.8 Å². The molecular weight excluding hydrogens is 770 g/mol. The molecule has 25 nitrogen and oxygen atoms in total. The third-order valence-electron chi connectivity index (χ3n) is 8.57. The van der Waals surface area contributed by atoms with Gasteiger partial charge in [-0.3, -0.25) is 43.5 Å². The topological polar surface area (TPSA) is 444 Å². The zero-order chi connectivity index (χ0) is 44.7. The molecule has 0 rings (SSSR count). The Bertz CT molecular complexity index is 1470. The molecule has 0 radical (unpaired) electrons. The summed E-state index contributed by atoms with van der Waals surface area (Å²) in [5, 5.41) is 52.6. The number of nitrogens with zero attached hydrogens (tertiary/aromatic N) is 2. The average Bonchev–Trinajstić information content (AvgIpc) is 3.14. The number of amides is 6. The molecular formula is C33H61N13O12. The van der Waals surface area contributed by atoms with Crippen LogP contribution in [0.5, 0.6) is 0 Å². The third kappa shape index (κ3) is 20.4. The van der Waals surface area contributed by atoms with Crippen LogP contribution in [-0.4, -0.2) is 148 Å². The van der Waals surface area contributed by atoms with Gasteiger partial charge in [0.15, 0.2) is 11.9 Å². The van der Waals surface area contributed by atoms with Crippen LogP contribution in [0.25, 0.3) is 0 Å². The number of carbonyl (C=O) groups excluding carboxylic acids is 6. The van der Waals surface area contributed by atoms with Gasteiger partial charge < -0.3 is 81.0 Å². The third-order valence-corrected chi connectivity index (χ3v) is 8.57. The van der Waals surface area contributed by atoms with Crippen LogP contribution in [0.1, 0.15) is 72.6 Å². The van der Waals surface area contributed by atoms with E-state index in [2.05, 4.69) is 41.9 Å². The SMILES string of the molecule is CC[C@H](C)[C@H](NC(=O)[C@@H](NC(=O)[C@H](CO)NC(=O)[C@H](C)NC(=O)[C@H](CCCN=C(N)N)NC(=O)[C@@H](N)CCCN=C(N)N)[C@@H](C)O)C(=O)N[C@@H](CCC(=O)O)C(=O)O. The van der Waals surface area contributed by atoms with Gasteiger partial charge in [-0.2, -0.15) is 0 Å². The van der Waals surface area contributed by atoms with E-state index in [1.54, 1.807) is 13.8 Å². The van der Waals surface area contributed by atoms with Crippen LogP contribution in [0.15, 0.2) is 9.98 Å². The second kappa shape index (κ2) is 26.9. The monoisotopic (exact) mass is 831 g/mol. The molecule has 0 bridgehead atoms. The Hall–Kier alpha value is -5.82. The van der Waals surface area contributed by atoms with Gasteiger partial charge in [0.25, 0.3) is 0 Å². The lowest BCUT2D eigenvalue weighted by Gasteiger charge is -2.29. The molecule has 0 fully saturated rings. The maximum Gasteiger partial charge on any atom is 0.326 e. The average molecular weight is 832 g/mol. The lowest BCUT2D eigenvalue weighted by atomic mass is 9.97. The number of aliphatic hydroxyl groups is 2. The van der Waals surface area contributed by atoms with Crippen molar-refractivity contribution in [2.24, 2.45) is 44.6 Å². The van der Waals surface area contributed by atoms with E-state index in [4.69, 9.17) is 33.8 Å². The number of hydrogen-bond donors (Lipinski definition) is 15. The van der Waals surface area contributed by atoms with Gasteiger partial charge in [0.1, 0.15) is 36.3 Å². The predicted octanol–water partition coefficient (Wildman–Crippen LogP) is -6.28. The number of carboxylic acids is 2. The summed E-state index contributed by atoms with van der Waals surface area (Å²) in [6.45, 7) is 4.91. The van der Waals surface area contributed by atoms with Gasteiger partial charge in [-0.25, -0.2) is 4.79 Å². The van der Waals surface area contributed by atoms with Gasteiger partial charge in [0.2, 0.25) is 35.4 Å². The van der Waals surface area contributed by atoms with Gasteiger partial charge in [-0.05, 0) is 51.9 Å². The maximum atomic E-state index is 13.3. The van der Waals surface area contributed by atoms with Crippen LogP contribution in [0, 0.1) is 5.92 Å². The Balaban J connectivity index is 5.81. The fraction of sp³-hybridized carbons (Fsp3) is 0.697. The normalized spacial score (nSPS) is 15.5. The summed E-state index contributed by atoms with van der Waals surface area (Å²) < 4.78 is 0. The van der Waals surface area contributed by atoms with Crippen molar-refractivity contribution in [3.8, 4) is 0 Å². The zero-order valence-corrected chi connectivity index (χ0v) is 33.1. The molecule has 20 N–H and O–H groups in total. The number of rotatable bonds is 28. The number of aliphatic imine (C=N–C) groups is 2. The first-order chi connectivity index (χ1) is 27.0. The Kier molecular flexibility index (Phi) is 24.2. The van der Waals surface area contributed by atoms with Crippen LogP contribution < -0.4 is 60.6 Å². The maximum absolute atomic E-state index is 13.3. The quantitative estimate of drug-likeness (QED) is 0.0198. The van der Waals surface area contributed by atoms with E-state index >= 15 is 0 Å². The molecule has 0 aromatic carbocycles. The molecule has 0 heterocycles. The van der Waals surface area contributed by atoms with E-state index in [0.717, 1.165) is 6.92 Å². The molecule has 9 atom stereocenters. The van der Waals surface area contributed by atoms with Crippen molar-refractivity contribution in [1.82, 2.24) is 31.9 Å². The standard InChI is InChI=1S/C33H61N13O12/c1-5-15(2)23(29(55)43-20(31(57)58)10-11-22(49)50)45-30(56)24(17(4)48)46-28(54)21(14-47)44-25(51)16(3)41-27(53)19(9-7-13-40-33(37)38)42-26(52)18(34)8-6-12-39-32(35)36/h15-21,23-24,47-48H,5-14,34H2,1-4H3,(H,41,53)(H,42,52)(H,43,55)(H,44,51)(H,45,56)(H,46,54)(H,49,50)(H,57,58)(H4,35,36,39)(H4,37,38,40)/t15-,16-,17+,18-,19-,20-,21-,23-,24-/m0/s1. The summed E-state index contributed by atoms with van der Waals surface area (Å²) in [5.74, 6) is -9.44. The summed E-state index contributed by atoms with van der Waals surface area (Å²) in [6.07, 6.45) is -1.56. The Morgan fingerprint density at radius 2 is 1.09 bits per heavy atom. The van der Waals surface area contributed by atoms with Crippen LogP contribution in [0.4, 0.5) is 0 Å². The van der Waals surface area contributed by atoms with E-state index in [-0.39, 0.29) is 44.3 Å². The fourth-order valence-corrected chi connectivity index (χ4v) is 4.96. The highest BCUT2D eigenvalue weighted by Gasteiger charge is 2.36. The number of carboxylic acid groups (broad SMARTS) is 2. The van der Waals surface area contributed by atoms with Crippen molar-refractivity contribution in [2.45, 2.75) is 121 Å². The van der Waals surface area contributed by atoms with E-state index < -0.39 is 121 Å². The molecule has 6 amide bonds. The number of nitrogens with two attached hydrogens (primary N) is 5. The molecule has 0 aromatic rings. The first kappa shape index (κ1) is 52.2. The van der Waals surface area contributed by atoms with Gasteiger partial charge in [-0.1, -0.05) is 20.3 Å². The van der Waals surface area contributed by atoms with Crippen molar-refractivity contribution >= 4 is 59.3 Å². The van der Waals surface area contributed by atoms with Crippen LogP contribution in [0.2, 0.25) is 0 Å². The van der Waals surface area contributed by atoms with E-state index in [9.17, 15) is 53.7 Å². The van der Waals surface area contributed by atoms with Gasteiger partial charge >= 0.3 is 11.9 Å². The Morgan fingerprint density at radius 1 is 0.603 bits per heavy atom. The summed E-state index contributed by atoms with van der Waals surface area (Å²) >= 11 is 0. The molecule has 0 saturated carbocycles. The van der Waals surface area contributed by atoms with Crippen molar-refractivity contribution in [3.05, 3.63) is 0 Å². The fourth-order valence-electron chi connectivity index (χ4n) is 4.96. The molecule has 330 valence electrons. The van der Waals surface area contributed by atoms with Crippen molar-refractivity contribution in [1.29, 1.82) is 0 Å². The molecule has 0 aliphatic carbocycles. The van der Waals surface area contributed by atoms with Crippen LogP contribution in [-0.2, 0) is 38.4 Å². The zero-order valence-electron chi connectivity index (χ0n) is 33.1. The Labute approximate surface area is 335 Å². The van der Waals surface area contributed by atoms with Crippen molar-refractivity contribution in [2.75, 3.05) is 19.7 Å². The van der Waals surface area contributed by atoms with Gasteiger partial charge in [0, 0.05) is 19.5 Å². The van der Waals surface area contributed by atoms with Crippen LogP contribution >= 0.6 is 0 Å². The molecule has 25 heteroatoms. The van der Waals surface area contributed by atoms with Gasteiger partial charge in [0.05, 0.1) is 18.8 Å². The summed E-state index contributed by atoms with van der Waals surface area (Å²) in [6, 6.07) is -10.1. The first-order valence-electron chi connectivity index (χ1n) is 18.5. The highest BCUT2D eigenvalue weighted by atomic mass is 16.4. The summed E-state index contributed by atoms with van der Waals surface area (Å²) in [4.78, 5) is 109. The Morgan fingerprint density at radius 3 is 1.57 bits per heavy atom. The number of nitrogens with one attached hydrogen (secondary N) is 6. The number of aliphatic carboxylic acids is 2.